The van der Waals surface area contributed by atoms with Crippen LogP contribution in [0, 0.1) is 11.3 Å². The van der Waals surface area contributed by atoms with Gasteiger partial charge in [0.25, 0.3) is 0 Å². The lowest BCUT2D eigenvalue weighted by Gasteiger charge is -2.30. The minimum Gasteiger partial charge on any atom is -0.379 e. The second kappa shape index (κ2) is 12.9. The fourth-order valence-corrected chi connectivity index (χ4v) is 4.48. The molecule has 6 heteroatoms. The Morgan fingerprint density at radius 2 is 1.90 bits per heavy atom. The normalized spacial score (nSPS) is 20.8. The summed E-state index contributed by atoms with van der Waals surface area (Å²) in [5.74, 6) is 1.82. The molecule has 0 bridgehead atoms. The number of aryl methyl sites for hydroxylation is 1. The molecule has 1 N–H and O–H groups in total. The van der Waals surface area contributed by atoms with Crippen LogP contribution in [0.15, 0.2) is 35.3 Å². The predicted molar refractivity (Wildman–Crippen MR) is 137 cm³/mol. The maximum Gasteiger partial charge on any atom is 0.193 e. The van der Waals surface area contributed by atoms with Gasteiger partial charge in [0.1, 0.15) is 0 Å². The zero-order valence-electron chi connectivity index (χ0n) is 19.1. The highest BCUT2D eigenvalue weighted by Gasteiger charge is 2.28. The summed E-state index contributed by atoms with van der Waals surface area (Å²) in [7, 11) is 1.92. The summed E-state index contributed by atoms with van der Waals surface area (Å²) in [5, 5.41) is 3.67. The predicted octanol–water partition coefficient (Wildman–Crippen LogP) is 3.88. The molecule has 1 unspecified atom stereocenters. The summed E-state index contributed by atoms with van der Waals surface area (Å²) in [6.45, 7) is 13.1. The van der Waals surface area contributed by atoms with Crippen LogP contribution in [0.2, 0.25) is 0 Å². The molecule has 2 aliphatic rings. The quantitative estimate of drug-likeness (QED) is 0.316. The highest BCUT2D eigenvalue weighted by Crippen LogP contribution is 2.23. The average Bonchev–Trinajstić information content (AvgIpc) is 3.18. The molecule has 0 aliphatic carbocycles. The van der Waals surface area contributed by atoms with Crippen molar-refractivity contribution in [2.45, 2.75) is 39.5 Å². The maximum absolute atomic E-state index is 5.48. The van der Waals surface area contributed by atoms with Crippen molar-refractivity contribution < 1.29 is 4.74 Å². The lowest BCUT2D eigenvalue weighted by Crippen LogP contribution is -2.44. The Morgan fingerprint density at radius 3 is 2.60 bits per heavy atom. The van der Waals surface area contributed by atoms with Gasteiger partial charge in [-0.25, -0.2) is 0 Å². The third-order valence-electron chi connectivity index (χ3n) is 6.30. The van der Waals surface area contributed by atoms with Gasteiger partial charge in [-0.15, -0.1) is 24.0 Å². The molecule has 2 heterocycles. The minimum absolute atomic E-state index is 0. The number of aliphatic imine (C=N–C) groups is 1. The zero-order chi connectivity index (χ0) is 20.5. The fourth-order valence-electron chi connectivity index (χ4n) is 4.48. The summed E-state index contributed by atoms with van der Waals surface area (Å²) in [5.41, 5.74) is 1.70. The van der Waals surface area contributed by atoms with Crippen LogP contribution in [-0.4, -0.2) is 75.3 Å². The first-order chi connectivity index (χ1) is 14.1. The van der Waals surface area contributed by atoms with Crippen molar-refractivity contribution in [3.8, 4) is 0 Å². The van der Waals surface area contributed by atoms with Gasteiger partial charge in [0.2, 0.25) is 0 Å². The van der Waals surface area contributed by atoms with Gasteiger partial charge in [0.15, 0.2) is 5.96 Å². The number of halogens is 1. The van der Waals surface area contributed by atoms with Crippen molar-refractivity contribution in [2.75, 3.05) is 59.5 Å². The molecular formula is C24H41IN4O. The molecule has 0 spiro atoms. The molecule has 0 saturated carbocycles. The Bertz CT molecular complexity index is 631. The van der Waals surface area contributed by atoms with E-state index in [0.29, 0.717) is 0 Å². The number of nitrogens with one attached hydrogen (secondary N) is 1. The van der Waals surface area contributed by atoms with Crippen LogP contribution in [0.25, 0.3) is 0 Å². The third-order valence-corrected chi connectivity index (χ3v) is 6.30. The topological polar surface area (TPSA) is 40.1 Å². The summed E-state index contributed by atoms with van der Waals surface area (Å²) in [6, 6.07) is 10.8. The molecule has 5 nitrogen and oxygen atoms in total. The largest absolute Gasteiger partial charge is 0.379 e. The molecule has 1 atom stereocenters. The van der Waals surface area contributed by atoms with E-state index in [1.54, 1.807) is 0 Å². The zero-order valence-corrected chi connectivity index (χ0v) is 21.4. The van der Waals surface area contributed by atoms with E-state index in [2.05, 4.69) is 64.3 Å². The molecule has 170 valence electrons. The number of rotatable bonds is 8. The fraction of sp³-hybridized carbons (Fsp3) is 0.708. The van der Waals surface area contributed by atoms with E-state index in [1.807, 2.05) is 7.05 Å². The van der Waals surface area contributed by atoms with Crippen molar-refractivity contribution in [1.29, 1.82) is 0 Å². The van der Waals surface area contributed by atoms with E-state index >= 15 is 0 Å². The first-order valence-electron chi connectivity index (χ1n) is 11.4. The molecule has 30 heavy (non-hydrogen) atoms. The van der Waals surface area contributed by atoms with Gasteiger partial charge in [-0.1, -0.05) is 44.2 Å². The van der Waals surface area contributed by atoms with Crippen LogP contribution >= 0.6 is 24.0 Å². The Morgan fingerprint density at radius 1 is 1.17 bits per heavy atom. The third kappa shape index (κ3) is 8.35. The molecule has 2 fully saturated rings. The van der Waals surface area contributed by atoms with Crippen molar-refractivity contribution in [2.24, 2.45) is 16.3 Å². The molecule has 2 aliphatic heterocycles. The van der Waals surface area contributed by atoms with Gasteiger partial charge in [0, 0.05) is 46.3 Å². The number of hydrogen-bond acceptors (Lipinski definition) is 3. The summed E-state index contributed by atoms with van der Waals surface area (Å²) >= 11 is 0. The Kier molecular flexibility index (Phi) is 10.9. The SMILES string of the molecule is CN=C(NCC(C)(C)CCCc1ccccc1)N1CCC(CN2CCOCC2)C1.I. The average molecular weight is 529 g/mol. The van der Waals surface area contributed by atoms with Gasteiger partial charge >= 0.3 is 0 Å². The molecule has 2 saturated heterocycles. The molecule has 0 aromatic heterocycles. The van der Waals surface area contributed by atoms with Crippen molar-refractivity contribution in [3.63, 3.8) is 0 Å². The van der Waals surface area contributed by atoms with Crippen molar-refractivity contribution >= 4 is 29.9 Å². The number of hydrogen-bond donors (Lipinski definition) is 1. The van der Waals surface area contributed by atoms with Crippen LogP contribution in [0.4, 0.5) is 0 Å². The number of ether oxygens (including phenoxy) is 1. The van der Waals surface area contributed by atoms with Crippen LogP contribution < -0.4 is 5.32 Å². The second-order valence-corrected chi connectivity index (χ2v) is 9.42. The lowest BCUT2D eigenvalue weighted by molar-refractivity contribution is 0.0315. The van der Waals surface area contributed by atoms with Crippen LogP contribution in [0.3, 0.4) is 0 Å². The number of nitrogens with zero attached hydrogens (tertiary/aromatic N) is 3. The van der Waals surface area contributed by atoms with E-state index in [-0.39, 0.29) is 29.4 Å². The van der Waals surface area contributed by atoms with Crippen molar-refractivity contribution in [3.05, 3.63) is 35.9 Å². The standard InChI is InChI=1S/C24H40N4O.HI/c1-24(2,12-7-10-21-8-5-4-6-9-21)20-26-23(25-3)28-13-11-22(19-28)18-27-14-16-29-17-15-27;/h4-6,8-9,22H,7,10-20H2,1-3H3,(H,25,26);1H. The van der Waals surface area contributed by atoms with Crippen LogP contribution in [0.1, 0.15) is 38.7 Å². The summed E-state index contributed by atoms with van der Waals surface area (Å²) < 4.78 is 5.48. The first-order valence-corrected chi connectivity index (χ1v) is 11.4. The van der Waals surface area contributed by atoms with E-state index in [0.717, 1.165) is 64.2 Å². The summed E-state index contributed by atoms with van der Waals surface area (Å²) in [4.78, 5) is 9.59. The van der Waals surface area contributed by atoms with Gasteiger partial charge in [-0.3, -0.25) is 9.89 Å². The van der Waals surface area contributed by atoms with Gasteiger partial charge in [-0.2, -0.15) is 0 Å². The molecule has 3 rings (SSSR count). The number of guanidine groups is 1. The highest BCUT2D eigenvalue weighted by molar-refractivity contribution is 14.0. The smallest absolute Gasteiger partial charge is 0.193 e. The van der Waals surface area contributed by atoms with Gasteiger partial charge in [0.05, 0.1) is 13.2 Å². The van der Waals surface area contributed by atoms with Crippen molar-refractivity contribution in [1.82, 2.24) is 15.1 Å². The maximum atomic E-state index is 5.48. The molecule has 1 aromatic rings. The van der Waals surface area contributed by atoms with Gasteiger partial charge in [-0.05, 0) is 42.6 Å². The minimum atomic E-state index is 0. The van der Waals surface area contributed by atoms with E-state index in [9.17, 15) is 0 Å². The van der Waals surface area contributed by atoms with Gasteiger partial charge < -0.3 is 15.0 Å². The molecule has 0 radical (unpaired) electrons. The van der Waals surface area contributed by atoms with E-state index in [4.69, 9.17) is 4.74 Å². The number of morpholine rings is 1. The van der Waals surface area contributed by atoms with E-state index in [1.165, 1.54) is 31.4 Å². The molecule has 1 aromatic carbocycles. The second-order valence-electron chi connectivity index (χ2n) is 9.42. The summed E-state index contributed by atoms with van der Waals surface area (Å²) in [6.07, 6.45) is 4.86. The molecular weight excluding hydrogens is 487 g/mol. The lowest BCUT2D eigenvalue weighted by atomic mass is 9.86. The Labute approximate surface area is 200 Å². The Hall–Kier alpha value is -0.860. The Balaban J connectivity index is 0.00000320. The highest BCUT2D eigenvalue weighted by atomic mass is 127. The first kappa shape index (κ1) is 25.4. The number of likely N-dealkylation sites (tertiary alicyclic amines) is 1. The molecule has 0 amide bonds. The number of benzene rings is 1. The van der Waals surface area contributed by atoms with Crippen LogP contribution in [-0.2, 0) is 11.2 Å². The van der Waals surface area contributed by atoms with Crippen LogP contribution in [0.5, 0.6) is 0 Å². The van der Waals surface area contributed by atoms with E-state index < -0.39 is 0 Å². The monoisotopic (exact) mass is 528 g/mol.